The van der Waals surface area contributed by atoms with Crippen molar-refractivity contribution in [1.82, 2.24) is 14.6 Å². The van der Waals surface area contributed by atoms with Gasteiger partial charge in [0.15, 0.2) is 11.5 Å². The average molecular weight is 442 g/mol. The van der Waals surface area contributed by atoms with Crippen molar-refractivity contribution in [2.24, 2.45) is 0 Å². The van der Waals surface area contributed by atoms with E-state index in [0.717, 1.165) is 49.4 Å². The number of nitrogens with one attached hydrogen (secondary N) is 1. The molecule has 1 N–H and O–H groups in total. The molecule has 1 aliphatic rings. The van der Waals surface area contributed by atoms with Crippen molar-refractivity contribution in [1.29, 1.82) is 0 Å². The van der Waals surface area contributed by atoms with E-state index >= 15 is 0 Å². The van der Waals surface area contributed by atoms with E-state index in [-0.39, 0.29) is 4.90 Å². The number of pyridine rings is 1. The topological polar surface area (TPSA) is 80.8 Å². The van der Waals surface area contributed by atoms with Crippen LogP contribution in [0.4, 0.5) is 0 Å². The molecule has 3 aromatic rings. The Balaban J connectivity index is 1.35. The minimum absolute atomic E-state index is 0.221. The molecule has 1 aliphatic heterocycles. The molecule has 0 amide bonds. The molecule has 0 atom stereocenters. The zero-order valence-electron chi connectivity index (χ0n) is 17.8. The third kappa shape index (κ3) is 4.66. The van der Waals surface area contributed by atoms with Gasteiger partial charge in [0.25, 0.3) is 0 Å². The monoisotopic (exact) mass is 441 g/mol. The van der Waals surface area contributed by atoms with Crippen LogP contribution in [-0.2, 0) is 23.0 Å². The maximum absolute atomic E-state index is 12.8. The summed E-state index contributed by atoms with van der Waals surface area (Å²) in [5.41, 5.74) is 3.00. The maximum atomic E-state index is 12.8. The van der Waals surface area contributed by atoms with Gasteiger partial charge in [0, 0.05) is 31.2 Å². The normalized spacial score (nSPS) is 14.4. The van der Waals surface area contributed by atoms with Crippen LogP contribution < -0.4 is 14.2 Å². The molecule has 0 saturated heterocycles. The smallest absolute Gasteiger partial charge is 0.242 e. The number of ether oxygens (including phenoxy) is 2. The Morgan fingerprint density at radius 1 is 1.06 bits per heavy atom. The second-order valence-corrected chi connectivity index (χ2v) is 9.32. The lowest BCUT2D eigenvalue weighted by molar-refractivity contribution is 0.250. The molecule has 0 fully saturated rings. The van der Waals surface area contributed by atoms with Crippen LogP contribution >= 0.6 is 0 Å². The average Bonchev–Trinajstić information content (AvgIpc) is 2.80. The van der Waals surface area contributed by atoms with Gasteiger partial charge in [0.2, 0.25) is 10.0 Å². The quantitative estimate of drug-likeness (QED) is 0.542. The number of sulfonamides is 1. The molecular weight excluding hydrogens is 414 g/mol. The molecule has 2 heterocycles. The van der Waals surface area contributed by atoms with Gasteiger partial charge in [-0.05, 0) is 54.8 Å². The van der Waals surface area contributed by atoms with Gasteiger partial charge in [0.1, 0.15) is 4.90 Å². The zero-order chi connectivity index (χ0) is 21.8. The molecule has 164 valence electrons. The van der Waals surface area contributed by atoms with Crippen molar-refractivity contribution in [3.8, 4) is 11.5 Å². The van der Waals surface area contributed by atoms with Gasteiger partial charge in [-0.1, -0.05) is 18.2 Å². The van der Waals surface area contributed by atoms with Crippen LogP contribution in [0, 0.1) is 0 Å². The van der Waals surface area contributed by atoms with E-state index in [1.807, 2.05) is 18.2 Å². The van der Waals surface area contributed by atoms with Gasteiger partial charge in [-0.2, -0.15) is 0 Å². The molecule has 8 heteroatoms. The Morgan fingerprint density at radius 3 is 2.58 bits per heavy atom. The molecular formula is C23H27N3O4S. The standard InChI is InChI=1S/C23H27N3O4S/c1-29-20-14-18-9-13-26(16-19(18)15-21(20)30-2)12-5-11-25-31(27,28)22-8-3-6-17-7-4-10-24-23(17)22/h3-4,6-8,10,14-15,25H,5,9,11-13,16H2,1-2H3. The summed E-state index contributed by atoms with van der Waals surface area (Å²) < 4.78 is 39.1. The number of aromatic nitrogens is 1. The Morgan fingerprint density at radius 2 is 1.81 bits per heavy atom. The Kier molecular flexibility index (Phi) is 6.41. The second-order valence-electron chi connectivity index (χ2n) is 7.58. The lowest BCUT2D eigenvalue weighted by atomic mass is 9.98. The highest BCUT2D eigenvalue weighted by molar-refractivity contribution is 7.89. The number of rotatable bonds is 8. The lowest BCUT2D eigenvalue weighted by Gasteiger charge is -2.29. The van der Waals surface area contributed by atoms with Crippen molar-refractivity contribution in [3.05, 3.63) is 59.8 Å². The third-order valence-electron chi connectivity index (χ3n) is 5.63. The van der Waals surface area contributed by atoms with E-state index in [9.17, 15) is 8.42 Å². The van der Waals surface area contributed by atoms with E-state index in [0.29, 0.717) is 12.1 Å². The summed E-state index contributed by atoms with van der Waals surface area (Å²) in [7, 11) is -0.328. The molecule has 7 nitrogen and oxygen atoms in total. The van der Waals surface area contributed by atoms with Crippen LogP contribution in [0.1, 0.15) is 17.5 Å². The summed E-state index contributed by atoms with van der Waals surface area (Å²) in [5, 5.41) is 0.810. The van der Waals surface area contributed by atoms with Gasteiger partial charge in [-0.3, -0.25) is 9.88 Å². The van der Waals surface area contributed by atoms with E-state index in [4.69, 9.17) is 9.47 Å². The molecule has 31 heavy (non-hydrogen) atoms. The van der Waals surface area contributed by atoms with Gasteiger partial charge in [0.05, 0.1) is 19.7 Å². The summed E-state index contributed by atoms with van der Waals surface area (Å²) in [4.78, 5) is 6.81. The maximum Gasteiger partial charge on any atom is 0.242 e. The van der Waals surface area contributed by atoms with E-state index in [1.54, 1.807) is 38.6 Å². The predicted molar refractivity (Wildman–Crippen MR) is 120 cm³/mol. The van der Waals surface area contributed by atoms with Gasteiger partial charge < -0.3 is 9.47 Å². The molecule has 0 radical (unpaired) electrons. The summed E-state index contributed by atoms with van der Waals surface area (Å²) >= 11 is 0. The van der Waals surface area contributed by atoms with Crippen LogP contribution in [0.15, 0.2) is 53.6 Å². The summed E-state index contributed by atoms with van der Waals surface area (Å²) in [5.74, 6) is 1.49. The molecule has 0 aliphatic carbocycles. The number of methoxy groups -OCH3 is 2. The first-order valence-electron chi connectivity index (χ1n) is 10.3. The van der Waals surface area contributed by atoms with Crippen LogP contribution in [0.5, 0.6) is 11.5 Å². The van der Waals surface area contributed by atoms with Crippen LogP contribution in [0.3, 0.4) is 0 Å². The fraction of sp³-hybridized carbons (Fsp3) is 0.348. The second kappa shape index (κ2) is 9.21. The summed E-state index contributed by atoms with van der Waals surface area (Å²) in [6, 6.07) is 13.0. The van der Waals surface area contributed by atoms with Gasteiger partial charge in [-0.25, -0.2) is 13.1 Å². The fourth-order valence-electron chi connectivity index (χ4n) is 4.01. The molecule has 4 rings (SSSR count). The van der Waals surface area contributed by atoms with Crippen molar-refractivity contribution in [2.45, 2.75) is 24.3 Å². The molecule has 2 aromatic carbocycles. The minimum Gasteiger partial charge on any atom is -0.493 e. The van der Waals surface area contributed by atoms with Crippen LogP contribution in [-0.4, -0.2) is 52.2 Å². The lowest BCUT2D eigenvalue weighted by Crippen LogP contribution is -2.34. The first-order valence-corrected chi connectivity index (χ1v) is 11.8. The third-order valence-corrected chi connectivity index (χ3v) is 7.12. The zero-order valence-corrected chi connectivity index (χ0v) is 18.6. The number of para-hydroxylation sites is 1. The highest BCUT2D eigenvalue weighted by atomic mass is 32.2. The highest BCUT2D eigenvalue weighted by Crippen LogP contribution is 2.33. The number of hydrogen-bond donors (Lipinski definition) is 1. The fourth-order valence-corrected chi connectivity index (χ4v) is 5.26. The SMILES string of the molecule is COc1cc2c(cc1OC)CN(CCCNS(=O)(=O)c1cccc3cccnc13)CC2. The number of hydrogen-bond acceptors (Lipinski definition) is 6. The van der Waals surface area contributed by atoms with E-state index in [1.165, 1.54) is 11.1 Å². The van der Waals surface area contributed by atoms with Crippen molar-refractivity contribution >= 4 is 20.9 Å². The van der Waals surface area contributed by atoms with Crippen LogP contribution in [0.2, 0.25) is 0 Å². The van der Waals surface area contributed by atoms with Gasteiger partial charge in [-0.15, -0.1) is 0 Å². The Hall–Kier alpha value is -2.68. The molecule has 0 saturated carbocycles. The Labute approximate surface area is 183 Å². The number of nitrogens with zero attached hydrogens (tertiary/aromatic N) is 2. The first kappa shape index (κ1) is 21.5. The summed E-state index contributed by atoms with van der Waals surface area (Å²) in [6.07, 6.45) is 3.27. The molecule has 0 unspecified atom stereocenters. The largest absolute Gasteiger partial charge is 0.493 e. The van der Waals surface area contributed by atoms with E-state index in [2.05, 4.69) is 20.7 Å². The molecule has 1 aromatic heterocycles. The summed E-state index contributed by atoms with van der Waals surface area (Å²) in [6.45, 7) is 2.93. The van der Waals surface area contributed by atoms with Crippen molar-refractivity contribution in [3.63, 3.8) is 0 Å². The molecule has 0 spiro atoms. The van der Waals surface area contributed by atoms with E-state index < -0.39 is 10.0 Å². The van der Waals surface area contributed by atoms with Gasteiger partial charge >= 0.3 is 0 Å². The number of benzene rings is 2. The Bertz CT molecular complexity index is 1180. The first-order chi connectivity index (χ1) is 15.0. The highest BCUT2D eigenvalue weighted by Gasteiger charge is 2.20. The van der Waals surface area contributed by atoms with Crippen molar-refractivity contribution in [2.75, 3.05) is 33.9 Å². The minimum atomic E-state index is -3.62. The van der Waals surface area contributed by atoms with Crippen molar-refractivity contribution < 1.29 is 17.9 Å². The van der Waals surface area contributed by atoms with Crippen LogP contribution in [0.25, 0.3) is 10.9 Å². The predicted octanol–water partition coefficient (Wildman–Crippen LogP) is 2.98. The molecule has 0 bridgehead atoms. The number of fused-ring (bicyclic) bond motifs is 2.